The van der Waals surface area contributed by atoms with Crippen molar-refractivity contribution in [3.63, 3.8) is 0 Å². The van der Waals surface area contributed by atoms with Gasteiger partial charge in [-0.2, -0.15) is 0 Å². The zero-order chi connectivity index (χ0) is 28.6. The van der Waals surface area contributed by atoms with Crippen molar-refractivity contribution in [2.45, 2.75) is 19.6 Å². The Kier molecular flexibility index (Phi) is 9.04. The molecule has 0 bridgehead atoms. The van der Waals surface area contributed by atoms with Gasteiger partial charge in [-0.1, -0.05) is 29.8 Å². The number of anilines is 3. The highest BCUT2D eigenvalue weighted by molar-refractivity contribution is 6.30. The van der Waals surface area contributed by atoms with Gasteiger partial charge in [0.2, 0.25) is 0 Å². The molecule has 1 N–H and O–H groups in total. The molecule has 5 rings (SSSR count). The first-order valence-corrected chi connectivity index (χ1v) is 13.7. The monoisotopic (exact) mass is 565 g/mol. The number of aromatic hydroxyl groups is 1. The molecule has 208 valence electrons. The highest BCUT2D eigenvalue weighted by atomic mass is 35.5. The normalized spacial score (nSPS) is 10.9. The van der Waals surface area contributed by atoms with Gasteiger partial charge in [-0.15, -0.1) is 0 Å². The molecule has 0 aliphatic carbocycles. The van der Waals surface area contributed by atoms with Crippen LogP contribution in [0.3, 0.4) is 0 Å². The van der Waals surface area contributed by atoms with E-state index in [0.717, 1.165) is 45.4 Å². The molecule has 0 atom stereocenters. The Labute approximate surface area is 246 Å². The minimum Gasteiger partial charge on any atom is -0.508 e. The molecular formula is C34H32ClN3O3. The fourth-order valence-corrected chi connectivity index (χ4v) is 4.92. The van der Waals surface area contributed by atoms with Crippen LogP contribution in [0.25, 0.3) is 0 Å². The third kappa shape index (κ3) is 7.17. The van der Waals surface area contributed by atoms with Crippen LogP contribution in [0.5, 0.6) is 17.2 Å². The lowest BCUT2D eigenvalue weighted by atomic mass is 10.1. The Morgan fingerprint density at radius 2 is 1.27 bits per heavy atom. The largest absolute Gasteiger partial charge is 0.508 e. The molecule has 0 aliphatic rings. The van der Waals surface area contributed by atoms with Gasteiger partial charge in [0.25, 0.3) is 0 Å². The van der Waals surface area contributed by atoms with E-state index in [-0.39, 0.29) is 5.75 Å². The van der Waals surface area contributed by atoms with Crippen molar-refractivity contribution in [1.29, 1.82) is 0 Å². The van der Waals surface area contributed by atoms with Crippen LogP contribution in [0, 0.1) is 0 Å². The van der Waals surface area contributed by atoms with E-state index in [1.54, 1.807) is 32.5 Å². The Bertz CT molecular complexity index is 1500. The second-order valence-electron chi connectivity index (χ2n) is 9.64. The van der Waals surface area contributed by atoms with E-state index in [1.807, 2.05) is 72.8 Å². The van der Waals surface area contributed by atoms with Gasteiger partial charge in [0, 0.05) is 53.5 Å². The zero-order valence-electron chi connectivity index (χ0n) is 23.1. The number of nitrogens with zero attached hydrogens (tertiary/aromatic N) is 3. The van der Waals surface area contributed by atoms with Crippen LogP contribution in [0.15, 0.2) is 115 Å². The summed E-state index contributed by atoms with van der Waals surface area (Å²) in [5.74, 6) is 1.83. The Hall–Kier alpha value is -4.52. The van der Waals surface area contributed by atoms with E-state index in [0.29, 0.717) is 24.7 Å². The highest BCUT2D eigenvalue weighted by Crippen LogP contribution is 2.36. The molecule has 0 aliphatic heterocycles. The molecule has 1 heterocycles. The van der Waals surface area contributed by atoms with Crippen molar-refractivity contribution in [3.05, 3.63) is 137 Å². The van der Waals surface area contributed by atoms with Crippen LogP contribution in [0.1, 0.15) is 16.8 Å². The number of pyridine rings is 1. The lowest BCUT2D eigenvalue weighted by molar-refractivity contribution is 0.241. The molecule has 0 saturated heterocycles. The summed E-state index contributed by atoms with van der Waals surface area (Å²) in [6, 6.07) is 35.6. The second-order valence-corrected chi connectivity index (χ2v) is 10.1. The van der Waals surface area contributed by atoms with Crippen LogP contribution in [0.2, 0.25) is 5.02 Å². The Morgan fingerprint density at radius 3 is 1.80 bits per heavy atom. The average Bonchev–Trinajstić information content (AvgIpc) is 3.01. The van der Waals surface area contributed by atoms with Gasteiger partial charge < -0.3 is 19.5 Å². The molecule has 41 heavy (non-hydrogen) atoms. The van der Waals surface area contributed by atoms with Gasteiger partial charge >= 0.3 is 0 Å². The van der Waals surface area contributed by atoms with Crippen molar-refractivity contribution in [1.82, 2.24) is 9.88 Å². The van der Waals surface area contributed by atoms with Crippen molar-refractivity contribution in [3.8, 4) is 17.2 Å². The molecule has 0 amide bonds. The molecular weight excluding hydrogens is 534 g/mol. The van der Waals surface area contributed by atoms with Crippen molar-refractivity contribution in [2.24, 2.45) is 0 Å². The smallest absolute Gasteiger partial charge is 0.120 e. The van der Waals surface area contributed by atoms with E-state index in [2.05, 4.69) is 39.0 Å². The van der Waals surface area contributed by atoms with Gasteiger partial charge in [-0.05, 0) is 96.6 Å². The van der Waals surface area contributed by atoms with Crippen LogP contribution >= 0.6 is 11.6 Å². The molecule has 7 heteroatoms. The maximum atomic E-state index is 10.5. The van der Waals surface area contributed by atoms with Gasteiger partial charge in [0.05, 0.1) is 19.9 Å². The first-order valence-electron chi connectivity index (χ1n) is 13.3. The molecule has 4 aromatic carbocycles. The summed E-state index contributed by atoms with van der Waals surface area (Å²) in [4.78, 5) is 8.95. The maximum absolute atomic E-state index is 10.5. The standard InChI is InChI=1S/C34H32ClN3O3/c1-40-32-15-11-30(12-16-32)38(31-13-17-33(41-2)18-14-31)29-9-6-25(7-10-29)22-37(24-28-5-3-4-20-36-28)23-26-21-27(35)8-19-34(26)39/h3-21,39H,22-24H2,1-2H3. The molecule has 0 saturated carbocycles. The Balaban J connectivity index is 1.43. The molecule has 0 fully saturated rings. The lowest BCUT2D eigenvalue weighted by Crippen LogP contribution is -2.23. The number of benzene rings is 4. The fraction of sp³-hybridized carbons (Fsp3) is 0.147. The number of hydrogen-bond donors (Lipinski definition) is 1. The third-order valence-corrected chi connectivity index (χ3v) is 7.04. The summed E-state index contributed by atoms with van der Waals surface area (Å²) in [6.45, 7) is 1.81. The van der Waals surface area contributed by atoms with Crippen LogP contribution in [-0.4, -0.2) is 29.2 Å². The van der Waals surface area contributed by atoms with Crippen molar-refractivity contribution >= 4 is 28.7 Å². The number of hydrogen-bond acceptors (Lipinski definition) is 6. The quantitative estimate of drug-likeness (QED) is 0.174. The molecule has 1 aromatic heterocycles. The first-order chi connectivity index (χ1) is 20.0. The highest BCUT2D eigenvalue weighted by Gasteiger charge is 2.15. The van der Waals surface area contributed by atoms with E-state index in [1.165, 1.54) is 0 Å². The van der Waals surface area contributed by atoms with Crippen LogP contribution in [0.4, 0.5) is 17.1 Å². The predicted octanol–water partition coefficient (Wildman–Crippen LogP) is 8.13. The second kappa shape index (κ2) is 13.2. The number of halogens is 1. The summed E-state index contributed by atoms with van der Waals surface area (Å²) in [6.07, 6.45) is 1.80. The molecule has 0 unspecified atom stereocenters. The topological polar surface area (TPSA) is 58.1 Å². The fourth-order valence-electron chi connectivity index (χ4n) is 4.73. The number of aromatic nitrogens is 1. The SMILES string of the molecule is COc1ccc(N(c2ccc(CN(Cc3ccccn3)Cc3cc(Cl)ccc3O)cc2)c2ccc(OC)cc2)cc1. The maximum Gasteiger partial charge on any atom is 0.120 e. The van der Waals surface area contributed by atoms with Crippen molar-refractivity contribution < 1.29 is 14.6 Å². The number of methoxy groups -OCH3 is 2. The molecule has 5 aromatic rings. The summed E-state index contributed by atoms with van der Waals surface area (Å²) in [5.41, 5.74) is 5.91. The number of rotatable bonds is 11. The van der Waals surface area contributed by atoms with Crippen LogP contribution in [-0.2, 0) is 19.6 Å². The molecule has 0 radical (unpaired) electrons. The van der Waals surface area contributed by atoms with Gasteiger partial charge in [-0.25, -0.2) is 0 Å². The van der Waals surface area contributed by atoms with E-state index >= 15 is 0 Å². The number of phenols is 1. The summed E-state index contributed by atoms with van der Waals surface area (Å²) < 4.78 is 10.8. The van der Waals surface area contributed by atoms with Gasteiger partial charge in [0.15, 0.2) is 0 Å². The van der Waals surface area contributed by atoms with Gasteiger partial charge in [0.1, 0.15) is 17.2 Å². The predicted molar refractivity (Wildman–Crippen MR) is 165 cm³/mol. The summed E-state index contributed by atoms with van der Waals surface area (Å²) >= 11 is 6.24. The minimum absolute atomic E-state index is 0.227. The lowest BCUT2D eigenvalue weighted by Gasteiger charge is -2.27. The Morgan fingerprint density at radius 1 is 0.683 bits per heavy atom. The van der Waals surface area contributed by atoms with E-state index in [4.69, 9.17) is 21.1 Å². The summed E-state index contributed by atoms with van der Waals surface area (Å²) in [7, 11) is 3.33. The summed E-state index contributed by atoms with van der Waals surface area (Å²) in [5, 5.41) is 11.1. The van der Waals surface area contributed by atoms with Crippen molar-refractivity contribution in [2.75, 3.05) is 19.1 Å². The van der Waals surface area contributed by atoms with Crippen LogP contribution < -0.4 is 14.4 Å². The zero-order valence-corrected chi connectivity index (χ0v) is 23.8. The van der Waals surface area contributed by atoms with E-state index < -0.39 is 0 Å². The number of phenolic OH excluding ortho intramolecular Hbond substituents is 1. The molecule has 0 spiro atoms. The minimum atomic E-state index is 0.227. The first kappa shape index (κ1) is 28.0. The van der Waals surface area contributed by atoms with Gasteiger partial charge in [-0.3, -0.25) is 9.88 Å². The third-order valence-electron chi connectivity index (χ3n) is 6.81. The average molecular weight is 566 g/mol. The molecule has 6 nitrogen and oxygen atoms in total. The van der Waals surface area contributed by atoms with E-state index in [9.17, 15) is 5.11 Å². The number of ether oxygens (including phenoxy) is 2.